The average molecular weight is 261 g/mol. The van der Waals surface area contributed by atoms with Gasteiger partial charge in [0.1, 0.15) is 0 Å². The van der Waals surface area contributed by atoms with Gasteiger partial charge in [-0.1, -0.05) is 0 Å². The average Bonchev–Trinajstić information content (AvgIpc) is 2.41. The number of benzene rings is 1. The molecule has 1 heterocycles. The van der Waals surface area contributed by atoms with Gasteiger partial charge in [-0.2, -0.15) is 0 Å². The van der Waals surface area contributed by atoms with E-state index in [1.807, 2.05) is 0 Å². The first-order valence-electron chi connectivity index (χ1n) is 5.47. The van der Waals surface area contributed by atoms with E-state index in [-0.39, 0.29) is 17.1 Å². The van der Waals surface area contributed by atoms with Crippen LogP contribution in [-0.2, 0) is 0 Å². The Hall–Kier alpha value is -2.63. The lowest BCUT2D eigenvalue weighted by atomic mass is 10.2. The number of hydrogen-bond donors (Lipinski definition) is 2. The summed E-state index contributed by atoms with van der Waals surface area (Å²) >= 11 is 0. The van der Waals surface area contributed by atoms with Crippen molar-refractivity contribution < 1.29 is 13.9 Å². The molecule has 0 aliphatic rings. The van der Waals surface area contributed by atoms with E-state index in [2.05, 4.69) is 10.3 Å². The van der Waals surface area contributed by atoms with Crippen molar-refractivity contribution in [1.29, 1.82) is 0 Å². The van der Waals surface area contributed by atoms with Crippen molar-refractivity contribution in [3.05, 3.63) is 48.0 Å². The van der Waals surface area contributed by atoms with E-state index in [0.717, 1.165) is 0 Å². The smallest absolute Gasteiger partial charge is 0.276 e. The lowest BCUT2D eigenvalue weighted by Gasteiger charge is -2.08. The fraction of sp³-hybridized carbons (Fsp3) is 0.0769. The Morgan fingerprint density at radius 2 is 2.21 bits per heavy atom. The second kappa shape index (κ2) is 5.34. The summed E-state index contributed by atoms with van der Waals surface area (Å²) in [6.45, 7) is 0. The molecule has 1 aromatic carbocycles. The van der Waals surface area contributed by atoms with Crippen LogP contribution in [0.2, 0.25) is 0 Å². The van der Waals surface area contributed by atoms with Gasteiger partial charge in [0, 0.05) is 18.0 Å². The fourth-order valence-electron chi connectivity index (χ4n) is 1.54. The Kier molecular flexibility index (Phi) is 3.61. The number of aromatic nitrogens is 1. The van der Waals surface area contributed by atoms with Gasteiger partial charge in [0.15, 0.2) is 17.3 Å². The lowest BCUT2D eigenvalue weighted by Crippen LogP contribution is -2.15. The number of nitrogens with two attached hydrogens (primary N) is 1. The maximum atomic E-state index is 13.2. The van der Waals surface area contributed by atoms with Crippen LogP contribution in [0.3, 0.4) is 0 Å². The standard InChI is InChI=1S/C13H12FN3O2/c1-19-11-7-8(4-5-9(11)14)17-13(18)12-10(15)3-2-6-16-12/h2-7H,15H2,1H3,(H,17,18). The zero-order valence-electron chi connectivity index (χ0n) is 10.2. The third-order valence-electron chi connectivity index (χ3n) is 2.46. The number of nitrogens with one attached hydrogen (secondary N) is 1. The number of nitrogen functional groups attached to an aromatic ring is 1. The van der Waals surface area contributed by atoms with E-state index < -0.39 is 11.7 Å². The molecule has 0 aliphatic carbocycles. The van der Waals surface area contributed by atoms with Crippen molar-refractivity contribution in [2.75, 3.05) is 18.2 Å². The summed E-state index contributed by atoms with van der Waals surface area (Å²) in [6.07, 6.45) is 1.47. The topological polar surface area (TPSA) is 77.2 Å². The highest BCUT2D eigenvalue weighted by Gasteiger charge is 2.12. The van der Waals surface area contributed by atoms with Crippen LogP contribution in [0.1, 0.15) is 10.5 Å². The van der Waals surface area contributed by atoms with Gasteiger partial charge in [-0.25, -0.2) is 9.37 Å². The molecule has 0 saturated heterocycles. The molecule has 0 radical (unpaired) electrons. The summed E-state index contributed by atoms with van der Waals surface area (Å²) in [6, 6.07) is 7.22. The third kappa shape index (κ3) is 2.79. The maximum Gasteiger partial charge on any atom is 0.276 e. The lowest BCUT2D eigenvalue weighted by molar-refractivity contribution is 0.102. The Bertz CT molecular complexity index is 617. The molecule has 2 rings (SSSR count). The molecule has 6 heteroatoms. The molecule has 0 bridgehead atoms. The van der Waals surface area contributed by atoms with Crippen LogP contribution in [0.5, 0.6) is 5.75 Å². The highest BCUT2D eigenvalue weighted by Crippen LogP contribution is 2.22. The highest BCUT2D eigenvalue weighted by molar-refractivity contribution is 6.06. The number of methoxy groups -OCH3 is 1. The third-order valence-corrected chi connectivity index (χ3v) is 2.46. The summed E-state index contributed by atoms with van der Waals surface area (Å²) in [5, 5.41) is 2.57. The molecule has 1 amide bonds. The molecule has 0 unspecified atom stereocenters. The second-order valence-corrected chi connectivity index (χ2v) is 3.74. The zero-order valence-corrected chi connectivity index (χ0v) is 10.2. The van der Waals surface area contributed by atoms with Crippen LogP contribution in [0, 0.1) is 5.82 Å². The minimum atomic E-state index is -0.502. The number of hydrogen-bond acceptors (Lipinski definition) is 4. The molecule has 2 aromatic rings. The van der Waals surface area contributed by atoms with E-state index in [1.54, 1.807) is 12.1 Å². The molecule has 1 aromatic heterocycles. The van der Waals surface area contributed by atoms with Crippen LogP contribution in [0.25, 0.3) is 0 Å². The molecular formula is C13H12FN3O2. The number of nitrogens with zero attached hydrogens (tertiary/aromatic N) is 1. The molecule has 0 atom stereocenters. The van der Waals surface area contributed by atoms with E-state index >= 15 is 0 Å². The summed E-state index contributed by atoms with van der Waals surface area (Å²) < 4.78 is 18.1. The Labute approximate surface area is 109 Å². The van der Waals surface area contributed by atoms with Gasteiger partial charge >= 0.3 is 0 Å². The number of pyridine rings is 1. The SMILES string of the molecule is COc1cc(NC(=O)c2ncccc2N)ccc1F. The normalized spacial score (nSPS) is 10.0. The first-order chi connectivity index (χ1) is 9.11. The van der Waals surface area contributed by atoms with Crippen molar-refractivity contribution in [2.24, 2.45) is 0 Å². The Morgan fingerprint density at radius 3 is 2.89 bits per heavy atom. The van der Waals surface area contributed by atoms with Crippen LogP contribution in [0.4, 0.5) is 15.8 Å². The molecule has 0 saturated carbocycles. The number of amides is 1. The van der Waals surface area contributed by atoms with Gasteiger partial charge in [-0.15, -0.1) is 0 Å². The van der Waals surface area contributed by atoms with Crippen molar-refractivity contribution in [2.45, 2.75) is 0 Å². The van der Waals surface area contributed by atoms with Gasteiger partial charge in [0.05, 0.1) is 12.8 Å². The van der Waals surface area contributed by atoms with E-state index in [1.165, 1.54) is 31.5 Å². The number of anilines is 2. The number of rotatable bonds is 3. The molecule has 0 fully saturated rings. The Morgan fingerprint density at radius 1 is 1.42 bits per heavy atom. The first-order valence-corrected chi connectivity index (χ1v) is 5.47. The zero-order chi connectivity index (χ0) is 13.8. The second-order valence-electron chi connectivity index (χ2n) is 3.74. The van der Waals surface area contributed by atoms with Gasteiger partial charge in [-0.05, 0) is 24.3 Å². The monoisotopic (exact) mass is 261 g/mol. The summed E-state index contributed by atoms with van der Waals surface area (Å²) in [5.41, 5.74) is 6.43. The van der Waals surface area contributed by atoms with Crippen molar-refractivity contribution in [3.8, 4) is 5.75 Å². The number of halogens is 1. The van der Waals surface area contributed by atoms with Gasteiger partial charge in [0.25, 0.3) is 5.91 Å². The summed E-state index contributed by atoms with van der Waals surface area (Å²) in [4.78, 5) is 15.8. The van der Waals surface area contributed by atoms with E-state index in [4.69, 9.17) is 10.5 Å². The quantitative estimate of drug-likeness (QED) is 0.886. The minimum Gasteiger partial charge on any atom is -0.494 e. The maximum absolute atomic E-state index is 13.2. The molecule has 0 aliphatic heterocycles. The van der Waals surface area contributed by atoms with E-state index in [0.29, 0.717) is 5.69 Å². The molecule has 98 valence electrons. The van der Waals surface area contributed by atoms with Crippen LogP contribution in [0.15, 0.2) is 36.5 Å². The van der Waals surface area contributed by atoms with Gasteiger partial charge in [0.2, 0.25) is 0 Å². The van der Waals surface area contributed by atoms with Crippen molar-refractivity contribution >= 4 is 17.3 Å². The minimum absolute atomic E-state index is 0.0480. The van der Waals surface area contributed by atoms with Crippen LogP contribution >= 0.6 is 0 Å². The predicted octanol–water partition coefficient (Wildman–Crippen LogP) is 2.06. The summed E-state index contributed by atoms with van der Waals surface area (Å²) in [7, 11) is 1.35. The molecule has 19 heavy (non-hydrogen) atoms. The number of carbonyl (C=O) groups is 1. The molecule has 0 spiro atoms. The summed E-state index contributed by atoms with van der Waals surface area (Å²) in [5.74, 6) is -0.920. The molecule has 5 nitrogen and oxygen atoms in total. The van der Waals surface area contributed by atoms with Crippen molar-refractivity contribution in [3.63, 3.8) is 0 Å². The van der Waals surface area contributed by atoms with Gasteiger partial charge in [-0.3, -0.25) is 4.79 Å². The fourth-order valence-corrected chi connectivity index (χ4v) is 1.54. The van der Waals surface area contributed by atoms with E-state index in [9.17, 15) is 9.18 Å². The highest BCUT2D eigenvalue weighted by atomic mass is 19.1. The Balaban J connectivity index is 2.22. The molecular weight excluding hydrogens is 249 g/mol. The number of ether oxygens (including phenoxy) is 1. The number of carbonyl (C=O) groups excluding carboxylic acids is 1. The van der Waals surface area contributed by atoms with Crippen LogP contribution < -0.4 is 15.8 Å². The largest absolute Gasteiger partial charge is 0.494 e. The van der Waals surface area contributed by atoms with Crippen molar-refractivity contribution in [1.82, 2.24) is 4.98 Å². The van der Waals surface area contributed by atoms with Crippen LogP contribution in [-0.4, -0.2) is 18.0 Å². The first kappa shape index (κ1) is 12.8. The predicted molar refractivity (Wildman–Crippen MR) is 69.6 cm³/mol. The molecule has 3 N–H and O–H groups in total. The van der Waals surface area contributed by atoms with Gasteiger partial charge < -0.3 is 15.8 Å².